The summed E-state index contributed by atoms with van der Waals surface area (Å²) in [5, 5.41) is 2.13. The second kappa shape index (κ2) is 4.30. The Labute approximate surface area is 83.9 Å². The van der Waals surface area contributed by atoms with E-state index >= 15 is 0 Å². The van der Waals surface area contributed by atoms with Crippen LogP contribution >= 0.6 is 0 Å². The van der Waals surface area contributed by atoms with Gasteiger partial charge in [0.15, 0.2) is 0 Å². The third-order valence-corrected chi connectivity index (χ3v) is 1.45. The molecule has 15 heavy (non-hydrogen) atoms. The van der Waals surface area contributed by atoms with Crippen molar-refractivity contribution < 1.29 is 13.2 Å². The Morgan fingerprint density at radius 1 is 1.40 bits per heavy atom. The lowest BCUT2D eigenvalue weighted by Gasteiger charge is -2.10. The van der Waals surface area contributed by atoms with E-state index in [-0.39, 0.29) is 11.8 Å². The molecule has 8 heteroatoms. The highest BCUT2D eigenvalue weighted by Crippen LogP contribution is 2.16. The summed E-state index contributed by atoms with van der Waals surface area (Å²) in [7, 11) is 0. The van der Waals surface area contributed by atoms with Crippen LogP contribution in [0, 0.1) is 6.92 Å². The Morgan fingerprint density at radius 2 is 2.07 bits per heavy atom. The van der Waals surface area contributed by atoms with Crippen molar-refractivity contribution in [1.29, 1.82) is 0 Å². The molecule has 0 spiro atoms. The number of nitrogens with two attached hydrogens (primary N) is 1. The molecule has 0 bridgehead atoms. The molecule has 5 nitrogen and oxygen atoms in total. The first-order valence-corrected chi connectivity index (χ1v) is 4.03. The minimum atomic E-state index is -4.28. The molecule has 1 rings (SSSR count). The summed E-state index contributed by atoms with van der Waals surface area (Å²) in [6, 6.07) is 1.40. The number of hydrogen-bond acceptors (Lipinski definition) is 5. The predicted octanol–water partition coefficient (Wildman–Crippen LogP) is 1.04. The first-order valence-electron chi connectivity index (χ1n) is 4.03. The number of hydrazine groups is 1. The monoisotopic (exact) mass is 221 g/mol. The summed E-state index contributed by atoms with van der Waals surface area (Å²) >= 11 is 0. The lowest BCUT2D eigenvalue weighted by atomic mass is 10.4. The fourth-order valence-electron chi connectivity index (χ4n) is 0.914. The van der Waals surface area contributed by atoms with Gasteiger partial charge in [-0.25, -0.2) is 10.8 Å². The van der Waals surface area contributed by atoms with Gasteiger partial charge in [0.25, 0.3) is 0 Å². The van der Waals surface area contributed by atoms with Crippen LogP contribution < -0.4 is 16.6 Å². The fraction of sp³-hybridized carbons (Fsp3) is 0.429. The average molecular weight is 221 g/mol. The summed E-state index contributed by atoms with van der Waals surface area (Å²) in [5.74, 6) is 5.19. The summed E-state index contributed by atoms with van der Waals surface area (Å²) in [6.07, 6.45) is -4.28. The van der Waals surface area contributed by atoms with E-state index in [2.05, 4.69) is 20.7 Å². The van der Waals surface area contributed by atoms with Crippen LogP contribution in [0.4, 0.5) is 24.9 Å². The number of nitrogen functional groups attached to an aromatic ring is 1. The number of aryl methyl sites for hydroxylation is 1. The molecule has 1 aromatic heterocycles. The van der Waals surface area contributed by atoms with E-state index < -0.39 is 12.7 Å². The Kier molecular flexibility index (Phi) is 3.30. The second-order valence-corrected chi connectivity index (χ2v) is 2.83. The highest BCUT2D eigenvalue weighted by atomic mass is 19.4. The van der Waals surface area contributed by atoms with Gasteiger partial charge < -0.3 is 5.32 Å². The zero-order valence-electron chi connectivity index (χ0n) is 7.89. The molecular formula is C7H10F3N5. The second-order valence-electron chi connectivity index (χ2n) is 2.83. The van der Waals surface area contributed by atoms with Crippen molar-refractivity contribution in [3.8, 4) is 0 Å². The third-order valence-electron chi connectivity index (χ3n) is 1.45. The topological polar surface area (TPSA) is 75.9 Å². The van der Waals surface area contributed by atoms with E-state index in [0.717, 1.165) is 0 Å². The molecule has 0 atom stereocenters. The van der Waals surface area contributed by atoms with Crippen LogP contribution in [0.2, 0.25) is 0 Å². The Balaban J connectivity index is 2.73. The molecule has 1 aromatic rings. The van der Waals surface area contributed by atoms with E-state index in [0.29, 0.717) is 5.69 Å². The van der Waals surface area contributed by atoms with Crippen LogP contribution in [0.1, 0.15) is 5.69 Å². The molecule has 4 N–H and O–H groups in total. The van der Waals surface area contributed by atoms with Crippen molar-refractivity contribution in [3.63, 3.8) is 0 Å². The molecule has 0 aliphatic rings. The molecule has 0 saturated carbocycles. The molecule has 0 aliphatic heterocycles. The Hall–Kier alpha value is -1.57. The summed E-state index contributed by atoms with van der Waals surface area (Å²) in [5.41, 5.74) is 2.68. The number of rotatable bonds is 3. The molecule has 1 heterocycles. The van der Waals surface area contributed by atoms with Crippen LogP contribution in [0.15, 0.2) is 6.07 Å². The standard InChI is InChI=1S/C7H10F3N5/c1-4-2-5(12-3-7(8,9)10)14-6(13-4)15-11/h2H,3,11H2,1H3,(H2,12,13,14,15). The van der Waals surface area contributed by atoms with Gasteiger partial charge in [-0.05, 0) is 6.92 Å². The van der Waals surface area contributed by atoms with E-state index in [1.54, 1.807) is 6.92 Å². The van der Waals surface area contributed by atoms with E-state index in [9.17, 15) is 13.2 Å². The number of anilines is 2. The van der Waals surface area contributed by atoms with Crippen LogP contribution in [-0.4, -0.2) is 22.7 Å². The van der Waals surface area contributed by atoms with Crippen LogP contribution in [0.5, 0.6) is 0 Å². The normalized spacial score (nSPS) is 11.3. The number of nitrogens with zero attached hydrogens (tertiary/aromatic N) is 2. The van der Waals surface area contributed by atoms with Gasteiger partial charge in [-0.15, -0.1) is 0 Å². The average Bonchev–Trinajstić information content (AvgIpc) is 2.13. The molecule has 0 saturated heterocycles. The number of nitrogens with one attached hydrogen (secondary N) is 2. The maximum Gasteiger partial charge on any atom is 0.405 e. The molecule has 0 aliphatic carbocycles. The lowest BCUT2D eigenvalue weighted by molar-refractivity contribution is -0.115. The Bertz CT molecular complexity index is 338. The number of halogens is 3. The smallest absolute Gasteiger partial charge is 0.361 e. The zero-order valence-corrected chi connectivity index (χ0v) is 7.89. The van der Waals surface area contributed by atoms with Gasteiger partial charge in [0.05, 0.1) is 0 Å². The maximum absolute atomic E-state index is 11.9. The Morgan fingerprint density at radius 3 is 2.60 bits per heavy atom. The van der Waals surface area contributed by atoms with Gasteiger partial charge in [-0.2, -0.15) is 18.2 Å². The van der Waals surface area contributed by atoms with Crippen molar-refractivity contribution in [2.45, 2.75) is 13.1 Å². The zero-order chi connectivity index (χ0) is 11.5. The van der Waals surface area contributed by atoms with Crippen LogP contribution in [-0.2, 0) is 0 Å². The summed E-state index contributed by atoms with van der Waals surface area (Å²) in [4.78, 5) is 7.53. The highest BCUT2D eigenvalue weighted by molar-refractivity contribution is 5.41. The van der Waals surface area contributed by atoms with Gasteiger partial charge >= 0.3 is 6.18 Å². The van der Waals surface area contributed by atoms with Gasteiger partial charge in [0, 0.05) is 11.8 Å². The van der Waals surface area contributed by atoms with Crippen molar-refractivity contribution in [1.82, 2.24) is 9.97 Å². The van der Waals surface area contributed by atoms with E-state index in [4.69, 9.17) is 5.84 Å². The SMILES string of the molecule is Cc1cc(NCC(F)(F)F)nc(NN)n1. The highest BCUT2D eigenvalue weighted by Gasteiger charge is 2.26. The first-order chi connectivity index (χ1) is 6.90. The molecule has 0 radical (unpaired) electrons. The van der Waals surface area contributed by atoms with Gasteiger partial charge in [0.1, 0.15) is 12.4 Å². The maximum atomic E-state index is 11.9. The number of hydrogen-bond donors (Lipinski definition) is 3. The van der Waals surface area contributed by atoms with Gasteiger partial charge in [0.2, 0.25) is 5.95 Å². The van der Waals surface area contributed by atoms with Crippen molar-refractivity contribution in [3.05, 3.63) is 11.8 Å². The van der Waals surface area contributed by atoms with Crippen LogP contribution in [0.25, 0.3) is 0 Å². The largest absolute Gasteiger partial charge is 0.405 e. The van der Waals surface area contributed by atoms with Crippen molar-refractivity contribution in [2.75, 3.05) is 17.3 Å². The third kappa shape index (κ3) is 3.98. The summed E-state index contributed by atoms with van der Waals surface area (Å²) in [6.45, 7) is 0.481. The molecular weight excluding hydrogens is 211 g/mol. The number of alkyl halides is 3. The molecule has 0 unspecified atom stereocenters. The van der Waals surface area contributed by atoms with E-state index in [1.165, 1.54) is 6.07 Å². The summed E-state index contributed by atoms with van der Waals surface area (Å²) < 4.78 is 35.6. The molecule has 84 valence electrons. The van der Waals surface area contributed by atoms with Crippen molar-refractivity contribution >= 4 is 11.8 Å². The van der Waals surface area contributed by atoms with Crippen LogP contribution in [0.3, 0.4) is 0 Å². The quantitative estimate of drug-likeness (QED) is 0.525. The lowest BCUT2D eigenvalue weighted by Crippen LogP contribution is -2.22. The minimum Gasteiger partial charge on any atom is -0.361 e. The minimum absolute atomic E-state index is 0.0691. The van der Waals surface area contributed by atoms with Crippen molar-refractivity contribution in [2.24, 2.45) is 5.84 Å². The first kappa shape index (κ1) is 11.5. The fourth-order valence-corrected chi connectivity index (χ4v) is 0.914. The van der Waals surface area contributed by atoms with Gasteiger partial charge in [-0.1, -0.05) is 0 Å². The van der Waals surface area contributed by atoms with E-state index in [1.807, 2.05) is 0 Å². The molecule has 0 aromatic carbocycles. The molecule has 0 fully saturated rings. The predicted molar refractivity (Wildman–Crippen MR) is 49.1 cm³/mol. The molecule has 0 amide bonds. The van der Waals surface area contributed by atoms with Gasteiger partial charge in [-0.3, -0.25) is 5.43 Å². The number of aromatic nitrogens is 2.